The third kappa shape index (κ3) is 0.571. The van der Waals surface area contributed by atoms with Gasteiger partial charge in [0.05, 0.1) is 4.88 Å². The van der Waals surface area contributed by atoms with E-state index in [0.717, 1.165) is 0 Å². The first-order valence-electron chi connectivity index (χ1n) is 1.81. The first-order chi connectivity index (χ1) is 2.89. The van der Waals surface area contributed by atoms with Gasteiger partial charge in [-0.1, -0.05) is 11.3 Å². The summed E-state index contributed by atoms with van der Waals surface area (Å²) in [6.45, 7) is 2.07. The van der Waals surface area contributed by atoms with Gasteiger partial charge in [0.2, 0.25) is 5.51 Å². The van der Waals surface area contributed by atoms with Crippen LogP contribution < -0.4 is 4.98 Å². The summed E-state index contributed by atoms with van der Waals surface area (Å²) in [5.41, 5.74) is 1.95. The van der Waals surface area contributed by atoms with Crippen LogP contribution in [0.4, 0.5) is 0 Å². The van der Waals surface area contributed by atoms with Gasteiger partial charge in [0.25, 0.3) is 0 Å². The van der Waals surface area contributed by atoms with Gasteiger partial charge in [0.15, 0.2) is 6.20 Å². The zero-order chi connectivity index (χ0) is 4.41. The van der Waals surface area contributed by atoms with Gasteiger partial charge in [0.1, 0.15) is 0 Å². The molecule has 1 N–H and O–H groups in total. The van der Waals surface area contributed by atoms with E-state index in [1.165, 1.54) is 4.88 Å². The molecule has 0 atom stereocenters. The van der Waals surface area contributed by atoms with Gasteiger partial charge >= 0.3 is 0 Å². The molecule has 0 aliphatic rings. The number of thiazole rings is 1. The summed E-state index contributed by atoms with van der Waals surface area (Å²) in [6, 6.07) is 0. The second kappa shape index (κ2) is 1.39. The van der Waals surface area contributed by atoms with Crippen molar-refractivity contribution in [3.05, 3.63) is 16.6 Å². The van der Waals surface area contributed by atoms with E-state index in [9.17, 15) is 0 Å². The molecule has 0 radical (unpaired) electrons. The van der Waals surface area contributed by atoms with Crippen LogP contribution in [0.3, 0.4) is 0 Å². The number of H-pyrrole nitrogens is 1. The predicted molar refractivity (Wildman–Crippen MR) is 25.6 cm³/mol. The van der Waals surface area contributed by atoms with Gasteiger partial charge in [-0.3, -0.25) is 0 Å². The number of aromatic amines is 1. The highest BCUT2D eigenvalue weighted by Crippen LogP contribution is 1.96. The molecule has 1 aromatic rings. The van der Waals surface area contributed by atoms with Gasteiger partial charge in [-0.2, -0.15) is 0 Å². The third-order valence-corrected chi connectivity index (χ3v) is 1.34. The van der Waals surface area contributed by atoms with Crippen molar-refractivity contribution in [3.63, 3.8) is 0 Å². The van der Waals surface area contributed by atoms with Crippen molar-refractivity contribution >= 4 is 11.3 Å². The van der Waals surface area contributed by atoms with Crippen molar-refractivity contribution in [1.82, 2.24) is 0 Å². The van der Waals surface area contributed by atoms with Crippen molar-refractivity contribution in [2.75, 3.05) is 0 Å². The first kappa shape index (κ1) is 3.81. The molecule has 0 unspecified atom stereocenters. The van der Waals surface area contributed by atoms with E-state index < -0.39 is 0 Å². The van der Waals surface area contributed by atoms with Crippen LogP contribution >= 0.6 is 11.3 Å². The normalized spacial score (nSPS) is 8.83. The summed E-state index contributed by atoms with van der Waals surface area (Å²) in [4.78, 5) is 4.28. The van der Waals surface area contributed by atoms with Crippen LogP contribution in [0.15, 0.2) is 11.7 Å². The van der Waals surface area contributed by atoms with Crippen LogP contribution in [0, 0.1) is 6.92 Å². The Hall–Kier alpha value is -0.370. The maximum Gasteiger partial charge on any atom is 0.223 e. The number of hydrogen-bond donors (Lipinski definition) is 0. The molecule has 0 bridgehead atoms. The van der Waals surface area contributed by atoms with Crippen LogP contribution in [-0.2, 0) is 0 Å². The lowest BCUT2D eigenvalue weighted by Crippen LogP contribution is -1.87. The van der Waals surface area contributed by atoms with E-state index in [-0.39, 0.29) is 0 Å². The third-order valence-electron chi connectivity index (χ3n) is 0.599. The minimum atomic E-state index is 1.33. The second-order valence-electron chi connectivity index (χ2n) is 1.16. The molecule has 0 aliphatic carbocycles. The van der Waals surface area contributed by atoms with Crippen molar-refractivity contribution in [2.45, 2.75) is 6.92 Å². The minimum absolute atomic E-state index is 1.33. The Balaban J connectivity index is 3.05. The average Bonchev–Trinajstić information content (AvgIpc) is 1.86. The summed E-state index contributed by atoms with van der Waals surface area (Å²) in [5.74, 6) is 0. The van der Waals surface area contributed by atoms with Gasteiger partial charge in [-0.05, 0) is 6.92 Å². The van der Waals surface area contributed by atoms with Crippen LogP contribution in [0.5, 0.6) is 0 Å². The largest absolute Gasteiger partial charge is 0.223 e. The monoisotopic (exact) mass is 100 g/mol. The zero-order valence-electron chi connectivity index (χ0n) is 3.56. The molecular weight excluding hydrogens is 94.1 g/mol. The molecule has 0 amide bonds. The van der Waals surface area contributed by atoms with Crippen molar-refractivity contribution in [3.8, 4) is 0 Å². The maximum atomic E-state index is 2.95. The fourth-order valence-corrected chi connectivity index (χ4v) is 0.770. The van der Waals surface area contributed by atoms with E-state index >= 15 is 0 Å². The molecule has 1 heterocycles. The fraction of sp³-hybridized carbons (Fsp3) is 0.250. The highest BCUT2D eigenvalue weighted by atomic mass is 32.1. The van der Waals surface area contributed by atoms with Gasteiger partial charge in [-0.25, -0.2) is 4.98 Å². The summed E-state index contributed by atoms with van der Waals surface area (Å²) < 4.78 is 0. The van der Waals surface area contributed by atoms with E-state index in [1.807, 2.05) is 11.7 Å². The summed E-state index contributed by atoms with van der Waals surface area (Å²) in [5, 5.41) is 0. The number of rotatable bonds is 0. The van der Waals surface area contributed by atoms with E-state index in [2.05, 4.69) is 11.9 Å². The quantitative estimate of drug-likeness (QED) is 0.459. The highest BCUT2D eigenvalue weighted by Gasteiger charge is 1.83. The molecule has 0 fully saturated rings. The smallest absolute Gasteiger partial charge is 0.208 e. The molecule has 0 aliphatic heterocycles. The molecule has 6 heavy (non-hydrogen) atoms. The standard InChI is InChI=1S/C4H5NS/c1-4-2-5-3-6-4/h2-3H,1H3/p+1. The fourth-order valence-electron chi connectivity index (χ4n) is 0.312. The molecule has 2 heteroatoms. The molecule has 1 nitrogen and oxygen atoms in total. The van der Waals surface area contributed by atoms with Gasteiger partial charge in [0, 0.05) is 0 Å². The minimum Gasteiger partial charge on any atom is -0.208 e. The average molecular weight is 100 g/mol. The lowest BCUT2D eigenvalue weighted by molar-refractivity contribution is -0.371. The molecule has 1 aromatic heterocycles. The summed E-state index contributed by atoms with van der Waals surface area (Å²) in [6.07, 6.45) is 1.98. The Kier molecular flexibility index (Phi) is 0.881. The number of nitrogens with one attached hydrogen (secondary N) is 1. The molecule has 0 spiro atoms. The van der Waals surface area contributed by atoms with Gasteiger partial charge < -0.3 is 0 Å². The Morgan fingerprint density at radius 3 is 2.83 bits per heavy atom. The lowest BCUT2D eigenvalue weighted by atomic mass is 10.7. The predicted octanol–water partition coefficient (Wildman–Crippen LogP) is 0.871. The Morgan fingerprint density at radius 2 is 2.67 bits per heavy atom. The lowest BCUT2D eigenvalue weighted by Gasteiger charge is -1.57. The Morgan fingerprint density at radius 1 is 1.83 bits per heavy atom. The highest BCUT2D eigenvalue weighted by molar-refractivity contribution is 7.09. The van der Waals surface area contributed by atoms with Crippen molar-refractivity contribution in [2.24, 2.45) is 0 Å². The zero-order valence-corrected chi connectivity index (χ0v) is 4.38. The van der Waals surface area contributed by atoms with Crippen molar-refractivity contribution < 1.29 is 4.98 Å². The van der Waals surface area contributed by atoms with E-state index in [1.54, 1.807) is 11.3 Å². The van der Waals surface area contributed by atoms with E-state index in [4.69, 9.17) is 0 Å². The van der Waals surface area contributed by atoms with E-state index in [0.29, 0.717) is 0 Å². The molecular formula is C4H6NS+. The Bertz CT molecular complexity index is 111. The topological polar surface area (TPSA) is 14.1 Å². The van der Waals surface area contributed by atoms with Crippen LogP contribution in [-0.4, -0.2) is 0 Å². The van der Waals surface area contributed by atoms with Crippen LogP contribution in [0.1, 0.15) is 4.88 Å². The summed E-state index contributed by atoms with van der Waals surface area (Å²) >= 11 is 1.72. The summed E-state index contributed by atoms with van der Waals surface area (Å²) in [7, 11) is 0. The molecule has 32 valence electrons. The van der Waals surface area contributed by atoms with Gasteiger partial charge in [-0.15, -0.1) is 0 Å². The second-order valence-corrected chi connectivity index (χ2v) is 2.27. The maximum absolute atomic E-state index is 2.95. The molecule has 0 aromatic carbocycles. The van der Waals surface area contributed by atoms with Crippen LogP contribution in [0.25, 0.3) is 0 Å². The molecule has 1 rings (SSSR count). The Labute approximate surface area is 40.7 Å². The number of aryl methyl sites for hydroxylation is 1. The van der Waals surface area contributed by atoms with Crippen LogP contribution in [0.2, 0.25) is 0 Å². The van der Waals surface area contributed by atoms with Crippen molar-refractivity contribution in [1.29, 1.82) is 0 Å². The first-order valence-corrected chi connectivity index (χ1v) is 2.69. The number of hydrogen-bond acceptors (Lipinski definition) is 1. The molecule has 0 saturated carbocycles. The number of aromatic nitrogens is 1. The SMILES string of the molecule is Cc1c[nH+]cs1. The molecule has 0 saturated heterocycles.